The van der Waals surface area contributed by atoms with Crippen LogP contribution in [0.25, 0.3) is 0 Å². The van der Waals surface area contributed by atoms with E-state index in [1.807, 2.05) is 12.1 Å². The van der Waals surface area contributed by atoms with Crippen molar-refractivity contribution in [3.05, 3.63) is 34.2 Å². The van der Waals surface area contributed by atoms with Gasteiger partial charge in [-0.2, -0.15) is 0 Å². The van der Waals surface area contributed by atoms with Gasteiger partial charge in [-0.15, -0.1) is 5.10 Å². The average molecular weight is 377 g/mol. The Hall–Kier alpha value is -1.96. The number of hydrogen-bond acceptors (Lipinski definition) is 7. The fourth-order valence-electron chi connectivity index (χ4n) is 3.10. The van der Waals surface area contributed by atoms with E-state index in [9.17, 15) is 0 Å². The molecule has 2 aromatic rings. The van der Waals surface area contributed by atoms with Gasteiger partial charge in [0.15, 0.2) is 0 Å². The molecule has 140 valence electrons. The van der Waals surface area contributed by atoms with Crippen molar-refractivity contribution in [2.75, 3.05) is 32.0 Å². The van der Waals surface area contributed by atoms with Gasteiger partial charge < -0.3 is 20.0 Å². The zero-order chi connectivity index (χ0) is 18.5. The van der Waals surface area contributed by atoms with E-state index in [2.05, 4.69) is 44.6 Å². The van der Waals surface area contributed by atoms with Crippen LogP contribution in [0.5, 0.6) is 0 Å². The molecule has 1 aromatic carbocycles. The van der Waals surface area contributed by atoms with Crippen LogP contribution in [-0.4, -0.2) is 54.0 Å². The van der Waals surface area contributed by atoms with Crippen LogP contribution in [0.15, 0.2) is 21.5 Å². The highest BCUT2D eigenvalue weighted by molar-refractivity contribution is 6.31. The number of aromatic nitrogens is 2. The highest BCUT2D eigenvalue weighted by Gasteiger charge is 2.18. The Bertz CT molecular complexity index is 775. The van der Waals surface area contributed by atoms with Gasteiger partial charge in [-0.1, -0.05) is 16.7 Å². The zero-order valence-electron chi connectivity index (χ0n) is 15.4. The van der Waals surface area contributed by atoms with E-state index in [1.54, 1.807) is 13.3 Å². The summed E-state index contributed by atoms with van der Waals surface area (Å²) in [6, 6.07) is 4.78. The molecule has 1 aromatic heterocycles. The minimum atomic E-state index is 0.358. The molecule has 0 saturated carbocycles. The molecule has 1 fully saturated rings. The van der Waals surface area contributed by atoms with Crippen LogP contribution in [-0.2, 0) is 13.0 Å². The number of nitrogens with zero attached hydrogens (tertiary/aromatic N) is 4. The Labute approximate surface area is 158 Å². The van der Waals surface area contributed by atoms with Gasteiger partial charge in [0.2, 0.25) is 5.89 Å². The summed E-state index contributed by atoms with van der Waals surface area (Å²) in [6.45, 7) is 8.24. The third-order valence-corrected chi connectivity index (χ3v) is 4.70. The zero-order valence-corrected chi connectivity index (χ0v) is 16.2. The first kappa shape index (κ1) is 18.8. The molecule has 1 saturated heterocycles. The van der Waals surface area contributed by atoms with Crippen molar-refractivity contribution in [1.82, 2.24) is 20.4 Å². The number of halogens is 1. The lowest BCUT2D eigenvalue weighted by atomic mass is 10.1. The number of anilines is 2. The SMILES string of the molecule is C/N=C\Cc1nnc(Nc2cc(Cl)cc(CN3CCN[C@@H](C)C3)c2C)o1. The molecule has 2 heterocycles. The molecule has 1 aliphatic rings. The van der Waals surface area contributed by atoms with Gasteiger partial charge in [-0.3, -0.25) is 4.90 Å². The van der Waals surface area contributed by atoms with Gasteiger partial charge in [-0.25, -0.2) is 0 Å². The fourth-order valence-corrected chi connectivity index (χ4v) is 3.34. The van der Waals surface area contributed by atoms with Crippen LogP contribution < -0.4 is 10.6 Å². The number of benzene rings is 1. The summed E-state index contributed by atoms with van der Waals surface area (Å²) in [7, 11) is 1.71. The van der Waals surface area contributed by atoms with Crippen LogP contribution >= 0.6 is 11.6 Å². The van der Waals surface area contributed by atoms with E-state index in [-0.39, 0.29) is 0 Å². The van der Waals surface area contributed by atoms with Crippen molar-refractivity contribution >= 4 is 29.5 Å². The van der Waals surface area contributed by atoms with Gasteiger partial charge in [0.25, 0.3) is 0 Å². The average Bonchev–Trinajstić information content (AvgIpc) is 3.04. The highest BCUT2D eigenvalue weighted by Crippen LogP contribution is 2.28. The summed E-state index contributed by atoms with van der Waals surface area (Å²) in [6.07, 6.45) is 2.25. The third kappa shape index (κ3) is 4.81. The predicted octanol–water partition coefficient (Wildman–Crippen LogP) is 2.81. The number of hydrogen-bond donors (Lipinski definition) is 2. The van der Waals surface area contributed by atoms with Crippen LogP contribution in [0.2, 0.25) is 5.02 Å². The molecule has 0 radical (unpaired) electrons. The van der Waals surface area contributed by atoms with Crippen LogP contribution in [0, 0.1) is 6.92 Å². The van der Waals surface area contributed by atoms with Crippen LogP contribution in [0.4, 0.5) is 11.7 Å². The summed E-state index contributed by atoms with van der Waals surface area (Å²) in [5.41, 5.74) is 3.22. The van der Waals surface area contributed by atoms with Gasteiger partial charge in [0, 0.05) is 56.2 Å². The summed E-state index contributed by atoms with van der Waals surface area (Å²) < 4.78 is 5.60. The van der Waals surface area contributed by atoms with Crippen molar-refractivity contribution in [2.24, 2.45) is 4.99 Å². The summed E-state index contributed by atoms with van der Waals surface area (Å²) in [5, 5.41) is 15.4. The molecule has 3 rings (SSSR count). The molecule has 1 aliphatic heterocycles. The minimum Gasteiger partial charge on any atom is -0.407 e. The van der Waals surface area contributed by atoms with E-state index in [0.717, 1.165) is 37.4 Å². The van der Waals surface area contributed by atoms with Crippen molar-refractivity contribution in [2.45, 2.75) is 32.9 Å². The fraction of sp³-hybridized carbons (Fsp3) is 0.500. The Kier molecular flexibility index (Phi) is 6.24. The molecule has 0 aliphatic carbocycles. The summed E-state index contributed by atoms with van der Waals surface area (Å²) in [5.74, 6) is 0.521. The Balaban J connectivity index is 1.75. The van der Waals surface area contributed by atoms with Crippen molar-refractivity contribution < 1.29 is 4.42 Å². The number of rotatable bonds is 6. The second kappa shape index (κ2) is 8.62. The normalized spacial score (nSPS) is 18.5. The van der Waals surface area contributed by atoms with Gasteiger partial charge >= 0.3 is 6.01 Å². The van der Waals surface area contributed by atoms with Crippen molar-refractivity contribution in [1.29, 1.82) is 0 Å². The number of aliphatic imine (C=N–C) groups is 1. The molecule has 1 atom stereocenters. The second-order valence-electron chi connectivity index (χ2n) is 6.60. The molecular weight excluding hydrogens is 352 g/mol. The molecule has 0 bridgehead atoms. The van der Waals surface area contributed by atoms with E-state index in [4.69, 9.17) is 16.0 Å². The van der Waals surface area contributed by atoms with Crippen molar-refractivity contribution in [3.63, 3.8) is 0 Å². The molecular formula is C18H25ClN6O. The first-order valence-electron chi connectivity index (χ1n) is 8.80. The van der Waals surface area contributed by atoms with E-state index >= 15 is 0 Å². The standard InChI is InChI=1S/C18H25ClN6O/c1-12-10-25(7-6-21-12)11-14-8-15(19)9-16(13(14)2)22-18-24-23-17(26-18)4-5-20-3/h5,8-9,12,21H,4,6-7,10-11H2,1-3H3,(H,22,24)/b20-5-/t12-/m0/s1. The third-order valence-electron chi connectivity index (χ3n) is 4.48. The summed E-state index contributed by atoms with van der Waals surface area (Å²) >= 11 is 6.35. The summed E-state index contributed by atoms with van der Waals surface area (Å²) in [4.78, 5) is 6.37. The lowest BCUT2D eigenvalue weighted by Crippen LogP contribution is -2.48. The predicted molar refractivity (Wildman–Crippen MR) is 105 cm³/mol. The maximum atomic E-state index is 6.35. The van der Waals surface area contributed by atoms with E-state index in [1.165, 1.54) is 5.56 Å². The molecule has 2 N–H and O–H groups in total. The quantitative estimate of drug-likeness (QED) is 0.755. The number of piperazine rings is 1. The lowest BCUT2D eigenvalue weighted by Gasteiger charge is -2.32. The Morgan fingerprint density at radius 3 is 3.08 bits per heavy atom. The molecule has 0 amide bonds. The monoisotopic (exact) mass is 376 g/mol. The first-order chi connectivity index (χ1) is 12.5. The lowest BCUT2D eigenvalue weighted by molar-refractivity contribution is 0.199. The molecule has 0 unspecified atom stereocenters. The topological polar surface area (TPSA) is 78.6 Å². The van der Waals surface area contributed by atoms with Gasteiger partial charge in [0.05, 0.1) is 6.42 Å². The molecule has 0 spiro atoms. The Morgan fingerprint density at radius 1 is 1.46 bits per heavy atom. The minimum absolute atomic E-state index is 0.358. The molecule has 26 heavy (non-hydrogen) atoms. The van der Waals surface area contributed by atoms with Crippen molar-refractivity contribution in [3.8, 4) is 0 Å². The largest absolute Gasteiger partial charge is 0.407 e. The van der Waals surface area contributed by atoms with Crippen LogP contribution in [0.1, 0.15) is 23.9 Å². The van der Waals surface area contributed by atoms with Crippen LogP contribution in [0.3, 0.4) is 0 Å². The maximum Gasteiger partial charge on any atom is 0.320 e. The highest BCUT2D eigenvalue weighted by atomic mass is 35.5. The first-order valence-corrected chi connectivity index (χ1v) is 9.17. The Morgan fingerprint density at radius 2 is 2.31 bits per heavy atom. The molecule has 7 nitrogen and oxygen atoms in total. The van der Waals surface area contributed by atoms with E-state index in [0.29, 0.717) is 29.4 Å². The smallest absolute Gasteiger partial charge is 0.320 e. The van der Waals surface area contributed by atoms with E-state index < -0.39 is 0 Å². The van der Waals surface area contributed by atoms with Gasteiger partial charge in [0.1, 0.15) is 0 Å². The maximum absolute atomic E-state index is 6.35. The van der Waals surface area contributed by atoms with Gasteiger partial charge in [-0.05, 0) is 37.1 Å². The number of nitrogens with one attached hydrogen (secondary N) is 2. The second-order valence-corrected chi connectivity index (χ2v) is 7.04. The molecule has 8 heteroatoms.